The highest BCUT2D eigenvalue weighted by Gasteiger charge is 2.34. The Labute approximate surface area is 247 Å². The van der Waals surface area contributed by atoms with Crippen molar-refractivity contribution in [1.29, 1.82) is 5.26 Å². The Morgan fingerprint density at radius 3 is 2.83 bits per heavy atom. The van der Waals surface area contributed by atoms with Crippen molar-refractivity contribution >= 4 is 23.5 Å². The number of piperazine rings is 1. The molecule has 0 saturated carbocycles. The number of amides is 1. The largest absolute Gasteiger partial charge is 0.497 e. The fourth-order valence-electron chi connectivity index (χ4n) is 6.08. The lowest BCUT2D eigenvalue weighted by molar-refractivity contribution is -0.128. The summed E-state index contributed by atoms with van der Waals surface area (Å²) in [6, 6.07) is 9.06. The number of hydrogen-bond acceptors (Lipinski definition) is 9. The van der Waals surface area contributed by atoms with E-state index in [4.69, 9.17) is 19.4 Å². The van der Waals surface area contributed by atoms with Crippen LogP contribution in [-0.2, 0) is 17.6 Å². The van der Waals surface area contributed by atoms with Crippen molar-refractivity contribution in [1.82, 2.24) is 19.8 Å². The highest BCUT2D eigenvalue weighted by atomic mass is 32.2. The Morgan fingerprint density at radius 1 is 1.24 bits per heavy atom. The number of ether oxygens (including phenoxy) is 2. The molecule has 0 N–H and O–H groups in total. The Morgan fingerprint density at radius 2 is 2.10 bits per heavy atom. The number of likely N-dealkylation sites (N-methyl/N-ethyl adjacent to an activating group) is 1. The molecule has 9 nitrogen and oxygen atoms in total. The van der Waals surface area contributed by atoms with Gasteiger partial charge in [-0.1, -0.05) is 12.6 Å². The molecule has 218 valence electrons. The molecule has 3 heterocycles. The van der Waals surface area contributed by atoms with Crippen LogP contribution in [-0.4, -0.2) is 90.0 Å². The van der Waals surface area contributed by atoms with E-state index in [9.17, 15) is 10.1 Å². The smallest absolute Gasteiger partial charge is 0.318 e. The molecule has 2 unspecified atom stereocenters. The maximum atomic E-state index is 12.5. The average molecular weight is 577 g/mol. The number of hydrogen-bond donors (Lipinski definition) is 0. The average Bonchev–Trinajstić information content (AvgIpc) is 3.40. The van der Waals surface area contributed by atoms with Gasteiger partial charge in [-0.15, -0.1) is 11.8 Å². The van der Waals surface area contributed by atoms with Gasteiger partial charge in [0.2, 0.25) is 5.91 Å². The SMILES string of the molecule is C=CC(=O)N1CCN(c2nc(OCC3CCCN3C)nc3c2CC[C@@H](Sc2cc(OC)ccc2C)C3)CC1CC#N. The molecule has 0 spiro atoms. The molecule has 41 heavy (non-hydrogen) atoms. The third-order valence-corrected chi connectivity index (χ3v) is 9.95. The quantitative estimate of drug-likeness (QED) is 0.410. The number of methoxy groups -OCH3 is 1. The number of aryl methyl sites for hydroxylation is 1. The number of rotatable bonds is 9. The lowest BCUT2D eigenvalue weighted by Crippen LogP contribution is -2.55. The van der Waals surface area contributed by atoms with Crippen molar-refractivity contribution in [3.05, 3.63) is 47.7 Å². The summed E-state index contributed by atoms with van der Waals surface area (Å²) in [7, 11) is 3.84. The number of aromatic nitrogens is 2. The minimum Gasteiger partial charge on any atom is -0.497 e. The third-order valence-electron chi connectivity index (χ3n) is 8.52. The second kappa shape index (κ2) is 13.1. The van der Waals surface area contributed by atoms with Crippen LogP contribution in [0, 0.1) is 18.3 Å². The summed E-state index contributed by atoms with van der Waals surface area (Å²) in [6.07, 6.45) is 6.58. The molecular formula is C31H40N6O3S. The van der Waals surface area contributed by atoms with Crippen LogP contribution < -0.4 is 14.4 Å². The van der Waals surface area contributed by atoms with E-state index in [1.807, 2.05) is 17.8 Å². The highest BCUT2D eigenvalue weighted by molar-refractivity contribution is 8.00. The molecule has 1 amide bonds. The van der Waals surface area contributed by atoms with Gasteiger partial charge in [0.1, 0.15) is 18.2 Å². The first-order valence-electron chi connectivity index (χ1n) is 14.5. The van der Waals surface area contributed by atoms with E-state index >= 15 is 0 Å². The minimum atomic E-state index is -0.218. The van der Waals surface area contributed by atoms with Crippen LogP contribution in [0.25, 0.3) is 0 Å². The molecule has 1 aliphatic carbocycles. The summed E-state index contributed by atoms with van der Waals surface area (Å²) in [6.45, 7) is 9.14. The van der Waals surface area contributed by atoms with E-state index in [1.165, 1.54) is 23.0 Å². The zero-order chi connectivity index (χ0) is 28.9. The number of fused-ring (bicyclic) bond motifs is 1. The predicted octanol–water partition coefficient (Wildman–Crippen LogP) is 4.03. The normalized spacial score (nSPS) is 22.6. The monoisotopic (exact) mass is 576 g/mol. The van der Waals surface area contributed by atoms with Crippen molar-refractivity contribution in [3.8, 4) is 17.8 Å². The molecule has 2 aromatic rings. The number of nitrogens with zero attached hydrogens (tertiary/aromatic N) is 6. The number of carbonyl (C=O) groups excluding carboxylic acids is 1. The minimum absolute atomic E-state index is 0.132. The molecule has 10 heteroatoms. The van der Waals surface area contributed by atoms with Crippen molar-refractivity contribution < 1.29 is 14.3 Å². The highest BCUT2D eigenvalue weighted by Crippen LogP contribution is 2.39. The molecule has 1 aromatic heterocycles. The van der Waals surface area contributed by atoms with E-state index in [-0.39, 0.29) is 18.4 Å². The second-order valence-electron chi connectivity index (χ2n) is 11.2. The Hall–Kier alpha value is -3.29. The van der Waals surface area contributed by atoms with Crippen molar-refractivity contribution in [2.45, 2.75) is 67.7 Å². The predicted molar refractivity (Wildman–Crippen MR) is 161 cm³/mol. The summed E-state index contributed by atoms with van der Waals surface area (Å²) < 4.78 is 11.7. The molecule has 3 aliphatic rings. The molecule has 1 aromatic carbocycles. The van der Waals surface area contributed by atoms with Crippen LogP contribution >= 0.6 is 11.8 Å². The van der Waals surface area contributed by atoms with Crippen LogP contribution in [0.5, 0.6) is 11.8 Å². The molecule has 5 rings (SSSR count). The second-order valence-corrected chi connectivity index (χ2v) is 12.5. The first kappa shape index (κ1) is 29.2. The van der Waals surface area contributed by atoms with Gasteiger partial charge in [-0.25, -0.2) is 0 Å². The lowest BCUT2D eigenvalue weighted by atomic mass is 9.95. The van der Waals surface area contributed by atoms with E-state index in [0.717, 1.165) is 55.1 Å². The number of benzene rings is 1. The molecular weight excluding hydrogens is 536 g/mol. The van der Waals surface area contributed by atoms with Gasteiger partial charge in [-0.05, 0) is 70.0 Å². The Balaban J connectivity index is 1.41. The summed E-state index contributed by atoms with van der Waals surface area (Å²) in [5.74, 6) is 1.62. The summed E-state index contributed by atoms with van der Waals surface area (Å²) in [5.41, 5.74) is 3.44. The van der Waals surface area contributed by atoms with Gasteiger partial charge in [0, 0.05) is 47.8 Å². The van der Waals surface area contributed by atoms with E-state index < -0.39 is 0 Å². The number of nitriles is 1. The Bertz CT molecular complexity index is 1310. The molecule has 3 atom stereocenters. The van der Waals surface area contributed by atoms with Crippen LogP contribution in [0.4, 0.5) is 5.82 Å². The van der Waals surface area contributed by atoms with Crippen molar-refractivity contribution in [3.63, 3.8) is 0 Å². The molecule has 2 fully saturated rings. The molecule has 0 bridgehead atoms. The van der Waals surface area contributed by atoms with Gasteiger partial charge in [0.25, 0.3) is 0 Å². The fourth-order valence-corrected chi connectivity index (χ4v) is 7.35. The van der Waals surface area contributed by atoms with Crippen LogP contribution in [0.3, 0.4) is 0 Å². The number of likely N-dealkylation sites (tertiary alicyclic amines) is 1. The van der Waals surface area contributed by atoms with Gasteiger partial charge in [0.15, 0.2) is 0 Å². The topological polar surface area (TPSA) is 94.8 Å². The number of thioether (sulfide) groups is 1. The van der Waals surface area contributed by atoms with Gasteiger partial charge >= 0.3 is 6.01 Å². The molecule has 2 aliphatic heterocycles. The van der Waals surface area contributed by atoms with Crippen molar-refractivity contribution in [2.75, 3.05) is 51.8 Å². The Kier molecular flexibility index (Phi) is 9.35. The van der Waals surface area contributed by atoms with Gasteiger partial charge in [-0.3, -0.25) is 4.79 Å². The summed E-state index contributed by atoms with van der Waals surface area (Å²) in [4.78, 5) is 30.0. The first-order valence-corrected chi connectivity index (χ1v) is 15.4. The maximum absolute atomic E-state index is 12.5. The summed E-state index contributed by atoms with van der Waals surface area (Å²) in [5, 5.41) is 9.86. The van der Waals surface area contributed by atoms with E-state index in [1.54, 1.807) is 12.0 Å². The summed E-state index contributed by atoms with van der Waals surface area (Å²) >= 11 is 1.89. The van der Waals surface area contributed by atoms with Crippen LogP contribution in [0.1, 0.15) is 42.5 Å². The zero-order valence-electron chi connectivity index (χ0n) is 24.3. The lowest BCUT2D eigenvalue weighted by Gasteiger charge is -2.42. The van der Waals surface area contributed by atoms with E-state index in [0.29, 0.717) is 43.5 Å². The van der Waals surface area contributed by atoms with E-state index in [2.05, 4.69) is 48.6 Å². The first-order chi connectivity index (χ1) is 19.9. The van der Waals surface area contributed by atoms with Crippen LogP contribution in [0.2, 0.25) is 0 Å². The van der Waals surface area contributed by atoms with Crippen molar-refractivity contribution in [2.24, 2.45) is 0 Å². The molecule has 0 radical (unpaired) electrons. The zero-order valence-corrected chi connectivity index (χ0v) is 25.2. The van der Waals surface area contributed by atoms with Gasteiger partial charge in [0.05, 0.1) is 31.3 Å². The number of anilines is 1. The molecule has 2 saturated heterocycles. The fraction of sp³-hybridized carbons (Fsp3) is 0.548. The third kappa shape index (κ3) is 6.62. The standard InChI is InChI=1S/C31H40N6O3S/c1-5-29(38)37-16-15-36(19-22(37)12-13-32)30-26-11-10-25(41-28-17-24(39-4)9-8-21(28)2)18-27(26)33-31(34-30)40-20-23-7-6-14-35(23)3/h5,8-9,17,22-23,25H,1,6-7,10-12,14-16,18-20H2,2-4H3/t22?,23?,25-/m1/s1. The van der Waals surface area contributed by atoms with Crippen LogP contribution in [0.15, 0.2) is 35.7 Å². The van der Waals surface area contributed by atoms with Gasteiger partial charge in [-0.2, -0.15) is 15.2 Å². The van der Waals surface area contributed by atoms with Gasteiger partial charge < -0.3 is 24.2 Å². The number of carbonyl (C=O) groups is 1. The maximum Gasteiger partial charge on any atom is 0.318 e.